The number of nitrogens with two attached hydrogens (primary N) is 1. The summed E-state index contributed by atoms with van der Waals surface area (Å²) < 4.78 is 13.1. The SMILES string of the molecule is Cc1cnc(N)c(C(O)c2ccc(F)c(Cl)c2)c1. The predicted octanol–water partition coefficient (Wildman–Crippen LogP) is 2.85. The van der Waals surface area contributed by atoms with Crippen molar-refractivity contribution in [3.63, 3.8) is 0 Å². The smallest absolute Gasteiger partial charge is 0.141 e. The van der Waals surface area contributed by atoms with E-state index in [2.05, 4.69) is 4.98 Å². The Morgan fingerprint density at radius 2 is 2.11 bits per heavy atom. The Labute approximate surface area is 109 Å². The molecule has 1 heterocycles. The maximum Gasteiger partial charge on any atom is 0.141 e. The molecule has 0 aliphatic carbocycles. The van der Waals surface area contributed by atoms with Crippen LogP contribution in [0.5, 0.6) is 0 Å². The van der Waals surface area contributed by atoms with Crippen molar-refractivity contribution < 1.29 is 9.50 Å². The van der Waals surface area contributed by atoms with Crippen LogP contribution in [0.15, 0.2) is 30.5 Å². The van der Waals surface area contributed by atoms with Gasteiger partial charge in [0.2, 0.25) is 0 Å². The summed E-state index contributed by atoms with van der Waals surface area (Å²) >= 11 is 5.68. The van der Waals surface area contributed by atoms with Crippen LogP contribution in [0.25, 0.3) is 0 Å². The van der Waals surface area contributed by atoms with Crippen molar-refractivity contribution in [1.82, 2.24) is 4.98 Å². The number of aryl methyl sites for hydroxylation is 1. The maximum atomic E-state index is 13.1. The van der Waals surface area contributed by atoms with E-state index in [0.717, 1.165) is 5.56 Å². The molecule has 0 saturated carbocycles. The van der Waals surface area contributed by atoms with Gasteiger partial charge in [0.15, 0.2) is 0 Å². The minimum absolute atomic E-state index is 0.0364. The van der Waals surface area contributed by atoms with Crippen molar-refractivity contribution in [2.24, 2.45) is 0 Å². The number of nitrogens with zero attached hydrogens (tertiary/aromatic N) is 1. The second-order valence-corrected chi connectivity index (χ2v) is 4.47. The van der Waals surface area contributed by atoms with Gasteiger partial charge in [-0.25, -0.2) is 9.37 Å². The van der Waals surface area contributed by atoms with Crippen molar-refractivity contribution in [2.45, 2.75) is 13.0 Å². The highest BCUT2D eigenvalue weighted by Crippen LogP contribution is 2.28. The van der Waals surface area contributed by atoms with Crippen LogP contribution in [0.3, 0.4) is 0 Å². The number of aliphatic hydroxyl groups is 1. The van der Waals surface area contributed by atoms with Crippen LogP contribution in [-0.4, -0.2) is 10.1 Å². The summed E-state index contributed by atoms with van der Waals surface area (Å²) in [6.45, 7) is 1.85. The number of rotatable bonds is 2. The number of aromatic nitrogens is 1. The van der Waals surface area contributed by atoms with E-state index in [4.69, 9.17) is 17.3 Å². The third-order valence-electron chi connectivity index (χ3n) is 2.64. The molecule has 0 saturated heterocycles. The molecule has 5 heteroatoms. The minimum atomic E-state index is -0.976. The highest BCUT2D eigenvalue weighted by molar-refractivity contribution is 6.30. The molecular weight excluding hydrogens is 255 g/mol. The van der Waals surface area contributed by atoms with Gasteiger partial charge in [0.05, 0.1) is 5.02 Å². The van der Waals surface area contributed by atoms with E-state index in [1.165, 1.54) is 18.2 Å². The lowest BCUT2D eigenvalue weighted by molar-refractivity contribution is 0.220. The maximum absolute atomic E-state index is 13.1. The molecule has 1 aromatic heterocycles. The molecule has 1 atom stereocenters. The van der Waals surface area contributed by atoms with E-state index in [9.17, 15) is 9.50 Å². The van der Waals surface area contributed by atoms with Gasteiger partial charge in [0.25, 0.3) is 0 Å². The average molecular weight is 267 g/mol. The molecule has 0 spiro atoms. The highest BCUT2D eigenvalue weighted by Gasteiger charge is 2.16. The van der Waals surface area contributed by atoms with Crippen LogP contribution >= 0.6 is 11.6 Å². The summed E-state index contributed by atoms with van der Waals surface area (Å²) in [6, 6.07) is 5.79. The molecule has 18 heavy (non-hydrogen) atoms. The molecule has 0 aliphatic rings. The molecule has 0 fully saturated rings. The Morgan fingerprint density at radius 1 is 1.39 bits per heavy atom. The van der Waals surface area contributed by atoms with E-state index in [0.29, 0.717) is 11.1 Å². The standard InChI is InChI=1S/C13H12ClFN2O/c1-7-4-9(13(16)17-6-7)12(18)8-2-3-11(15)10(14)5-8/h2-6,12,18H,1H3,(H2,16,17). The molecule has 1 aromatic carbocycles. The largest absolute Gasteiger partial charge is 0.384 e. The molecule has 0 bridgehead atoms. The van der Waals surface area contributed by atoms with Crippen LogP contribution in [0, 0.1) is 12.7 Å². The second kappa shape index (κ2) is 4.92. The van der Waals surface area contributed by atoms with Gasteiger partial charge in [-0.05, 0) is 36.2 Å². The first-order valence-corrected chi connectivity index (χ1v) is 5.72. The predicted molar refractivity (Wildman–Crippen MR) is 68.9 cm³/mol. The van der Waals surface area contributed by atoms with Crippen LogP contribution in [0.2, 0.25) is 5.02 Å². The van der Waals surface area contributed by atoms with Crippen molar-refractivity contribution in [2.75, 3.05) is 5.73 Å². The summed E-state index contributed by atoms with van der Waals surface area (Å²) in [5, 5.41) is 10.2. The summed E-state index contributed by atoms with van der Waals surface area (Å²) in [6.07, 6.45) is 0.638. The zero-order chi connectivity index (χ0) is 13.3. The van der Waals surface area contributed by atoms with E-state index in [-0.39, 0.29) is 10.8 Å². The number of nitrogen functional groups attached to an aromatic ring is 1. The topological polar surface area (TPSA) is 59.1 Å². The zero-order valence-electron chi connectivity index (χ0n) is 9.69. The lowest BCUT2D eigenvalue weighted by Crippen LogP contribution is -2.06. The third-order valence-corrected chi connectivity index (χ3v) is 2.93. The third kappa shape index (κ3) is 2.44. The Kier molecular flexibility index (Phi) is 3.50. The van der Waals surface area contributed by atoms with Crippen LogP contribution in [0.1, 0.15) is 22.8 Å². The fourth-order valence-electron chi connectivity index (χ4n) is 1.68. The molecule has 0 radical (unpaired) electrons. The summed E-state index contributed by atoms with van der Waals surface area (Å²) in [4.78, 5) is 3.98. The van der Waals surface area contributed by atoms with E-state index in [1.807, 2.05) is 6.92 Å². The first kappa shape index (κ1) is 12.8. The Balaban J connectivity index is 2.44. The summed E-state index contributed by atoms with van der Waals surface area (Å²) in [7, 11) is 0. The van der Waals surface area contributed by atoms with Gasteiger partial charge in [-0.3, -0.25) is 0 Å². The highest BCUT2D eigenvalue weighted by atomic mass is 35.5. The van der Waals surface area contributed by atoms with Gasteiger partial charge < -0.3 is 10.8 Å². The van der Waals surface area contributed by atoms with E-state index < -0.39 is 11.9 Å². The van der Waals surface area contributed by atoms with Crippen LogP contribution in [0.4, 0.5) is 10.2 Å². The molecule has 3 nitrogen and oxygen atoms in total. The fraction of sp³-hybridized carbons (Fsp3) is 0.154. The molecule has 1 unspecified atom stereocenters. The molecule has 94 valence electrons. The Bertz CT molecular complexity index is 589. The lowest BCUT2D eigenvalue weighted by Gasteiger charge is -2.14. The molecule has 2 aromatic rings. The Morgan fingerprint density at radius 3 is 2.78 bits per heavy atom. The van der Waals surface area contributed by atoms with Gasteiger partial charge in [-0.15, -0.1) is 0 Å². The van der Waals surface area contributed by atoms with Crippen LogP contribution in [-0.2, 0) is 0 Å². The number of benzene rings is 1. The first-order valence-electron chi connectivity index (χ1n) is 5.34. The van der Waals surface area contributed by atoms with Crippen molar-refractivity contribution in [1.29, 1.82) is 0 Å². The van der Waals surface area contributed by atoms with E-state index in [1.54, 1.807) is 12.3 Å². The van der Waals surface area contributed by atoms with Crippen LogP contribution < -0.4 is 5.73 Å². The van der Waals surface area contributed by atoms with Crippen molar-refractivity contribution in [3.05, 3.63) is 58.0 Å². The molecule has 3 N–H and O–H groups in total. The monoisotopic (exact) mass is 266 g/mol. The summed E-state index contributed by atoms with van der Waals surface area (Å²) in [5.41, 5.74) is 7.56. The minimum Gasteiger partial charge on any atom is -0.384 e. The summed E-state index contributed by atoms with van der Waals surface area (Å²) in [5.74, 6) is -0.281. The molecule has 0 amide bonds. The van der Waals surface area contributed by atoms with Gasteiger partial charge >= 0.3 is 0 Å². The Hall–Kier alpha value is -1.65. The fourth-order valence-corrected chi connectivity index (χ4v) is 1.87. The van der Waals surface area contributed by atoms with Gasteiger partial charge in [0.1, 0.15) is 17.7 Å². The molecular formula is C13H12ClFN2O. The van der Waals surface area contributed by atoms with Gasteiger partial charge in [0, 0.05) is 11.8 Å². The van der Waals surface area contributed by atoms with Crippen molar-refractivity contribution in [3.8, 4) is 0 Å². The van der Waals surface area contributed by atoms with E-state index >= 15 is 0 Å². The lowest BCUT2D eigenvalue weighted by atomic mass is 10.0. The number of hydrogen-bond acceptors (Lipinski definition) is 3. The van der Waals surface area contributed by atoms with Gasteiger partial charge in [-0.2, -0.15) is 0 Å². The van der Waals surface area contributed by atoms with Gasteiger partial charge in [-0.1, -0.05) is 17.7 Å². The van der Waals surface area contributed by atoms with Crippen molar-refractivity contribution >= 4 is 17.4 Å². The second-order valence-electron chi connectivity index (χ2n) is 4.06. The quantitative estimate of drug-likeness (QED) is 0.879. The number of aliphatic hydroxyl groups excluding tert-OH is 1. The average Bonchev–Trinajstić information content (AvgIpc) is 2.35. The number of anilines is 1. The normalized spacial score (nSPS) is 12.4. The number of pyridine rings is 1. The first-order chi connectivity index (χ1) is 8.49. The molecule has 0 aliphatic heterocycles. The number of halogens is 2. The zero-order valence-corrected chi connectivity index (χ0v) is 10.4. The molecule has 2 rings (SSSR count). The number of hydrogen-bond donors (Lipinski definition) is 2.